The first-order valence-electron chi connectivity index (χ1n) is 9.73. The van der Waals surface area contributed by atoms with Gasteiger partial charge in [0, 0.05) is 43.6 Å². The highest BCUT2D eigenvalue weighted by atomic mass is 32.2. The van der Waals surface area contributed by atoms with Crippen LogP contribution >= 0.6 is 11.8 Å². The van der Waals surface area contributed by atoms with Gasteiger partial charge >= 0.3 is 0 Å². The van der Waals surface area contributed by atoms with Crippen LogP contribution in [0, 0.1) is 5.92 Å². The first-order valence-corrected chi connectivity index (χ1v) is 10.7. The standard InChI is InChI=1S/C19H32N4S/c1-2-24-19-21-12-17(13-22-19)11-20-18-9-6-10-23(15-18)14-16-7-4-3-5-8-16/h12-13,16,18,20H,2-11,14-15H2,1H3. The minimum Gasteiger partial charge on any atom is -0.309 e. The average molecular weight is 349 g/mol. The molecule has 2 aliphatic rings. The van der Waals surface area contributed by atoms with Crippen LogP contribution in [0.1, 0.15) is 57.4 Å². The summed E-state index contributed by atoms with van der Waals surface area (Å²) in [6.45, 7) is 6.84. The average Bonchev–Trinajstić information content (AvgIpc) is 2.63. The van der Waals surface area contributed by atoms with E-state index in [2.05, 4.69) is 27.1 Å². The van der Waals surface area contributed by atoms with Crippen LogP contribution in [0.5, 0.6) is 0 Å². The fraction of sp³-hybridized carbons (Fsp3) is 0.789. The third kappa shape index (κ3) is 5.71. The van der Waals surface area contributed by atoms with Crippen LogP contribution in [0.25, 0.3) is 0 Å². The lowest BCUT2D eigenvalue weighted by Crippen LogP contribution is -2.47. The highest BCUT2D eigenvalue weighted by Gasteiger charge is 2.23. The summed E-state index contributed by atoms with van der Waals surface area (Å²) in [5, 5.41) is 4.61. The summed E-state index contributed by atoms with van der Waals surface area (Å²) in [6, 6.07) is 0.618. The van der Waals surface area contributed by atoms with E-state index in [-0.39, 0.29) is 0 Å². The molecule has 1 aromatic rings. The Hall–Kier alpha value is -0.650. The minimum absolute atomic E-state index is 0.618. The molecule has 2 heterocycles. The number of rotatable bonds is 7. The summed E-state index contributed by atoms with van der Waals surface area (Å²) < 4.78 is 0. The number of nitrogens with zero attached hydrogens (tertiary/aromatic N) is 3. The second kappa shape index (κ2) is 9.73. The van der Waals surface area contributed by atoms with E-state index in [4.69, 9.17) is 0 Å². The number of likely N-dealkylation sites (tertiary alicyclic amines) is 1. The summed E-state index contributed by atoms with van der Waals surface area (Å²) in [6.07, 6.45) is 13.8. The predicted octanol–water partition coefficient (Wildman–Crippen LogP) is 3.72. The highest BCUT2D eigenvalue weighted by molar-refractivity contribution is 7.99. The lowest BCUT2D eigenvalue weighted by atomic mass is 9.88. The maximum Gasteiger partial charge on any atom is 0.187 e. The van der Waals surface area contributed by atoms with Crippen molar-refractivity contribution in [2.45, 2.75) is 69.6 Å². The molecule has 4 nitrogen and oxygen atoms in total. The van der Waals surface area contributed by atoms with E-state index in [0.717, 1.165) is 23.4 Å². The molecular formula is C19H32N4S. The highest BCUT2D eigenvalue weighted by Crippen LogP contribution is 2.25. The molecule has 1 saturated carbocycles. The van der Waals surface area contributed by atoms with Crippen LogP contribution in [0.3, 0.4) is 0 Å². The monoisotopic (exact) mass is 348 g/mol. The van der Waals surface area contributed by atoms with Crippen molar-refractivity contribution in [3.8, 4) is 0 Å². The van der Waals surface area contributed by atoms with Crippen molar-refractivity contribution in [2.75, 3.05) is 25.4 Å². The third-order valence-corrected chi connectivity index (χ3v) is 6.05. The summed E-state index contributed by atoms with van der Waals surface area (Å²) in [5.41, 5.74) is 1.19. The van der Waals surface area contributed by atoms with Gasteiger partial charge in [0.1, 0.15) is 0 Å². The predicted molar refractivity (Wildman–Crippen MR) is 101 cm³/mol. The van der Waals surface area contributed by atoms with Crippen LogP contribution in [0.2, 0.25) is 0 Å². The zero-order chi connectivity index (χ0) is 16.6. The number of thioether (sulfide) groups is 1. The third-order valence-electron chi connectivity index (χ3n) is 5.30. The second-order valence-electron chi connectivity index (χ2n) is 7.29. The molecule has 1 N–H and O–H groups in total. The van der Waals surface area contributed by atoms with Gasteiger partial charge in [0.15, 0.2) is 5.16 Å². The number of hydrogen-bond acceptors (Lipinski definition) is 5. The quantitative estimate of drug-likeness (QED) is 0.601. The Labute approximate surface area is 151 Å². The van der Waals surface area contributed by atoms with Gasteiger partial charge in [0.05, 0.1) is 0 Å². The lowest BCUT2D eigenvalue weighted by molar-refractivity contribution is 0.149. The molecule has 5 heteroatoms. The largest absolute Gasteiger partial charge is 0.309 e. The number of piperidine rings is 1. The van der Waals surface area contributed by atoms with Gasteiger partial charge in [0.2, 0.25) is 0 Å². The van der Waals surface area contributed by atoms with Crippen LogP contribution in [0.15, 0.2) is 17.6 Å². The van der Waals surface area contributed by atoms with E-state index < -0.39 is 0 Å². The molecule has 3 rings (SSSR count). The number of aromatic nitrogens is 2. The van der Waals surface area contributed by atoms with Crippen LogP contribution in [0.4, 0.5) is 0 Å². The fourth-order valence-corrected chi connectivity index (χ4v) is 4.54. The molecule has 134 valence electrons. The van der Waals surface area contributed by atoms with Gasteiger partial charge in [-0.25, -0.2) is 9.97 Å². The van der Waals surface area contributed by atoms with E-state index in [1.165, 1.54) is 70.1 Å². The van der Waals surface area contributed by atoms with Gasteiger partial charge in [-0.1, -0.05) is 37.9 Å². The molecule has 1 aliphatic heterocycles. The van der Waals surface area contributed by atoms with Crippen molar-refractivity contribution in [3.63, 3.8) is 0 Å². The first kappa shape index (κ1) is 18.2. The molecule has 0 aromatic carbocycles. The molecule has 1 aliphatic carbocycles. The smallest absolute Gasteiger partial charge is 0.187 e. The molecule has 0 amide bonds. The Kier molecular flexibility index (Phi) is 7.36. The van der Waals surface area contributed by atoms with Gasteiger partial charge in [-0.05, 0) is 43.9 Å². The molecule has 0 spiro atoms. The van der Waals surface area contributed by atoms with E-state index in [9.17, 15) is 0 Å². The summed E-state index contributed by atoms with van der Waals surface area (Å²) in [7, 11) is 0. The van der Waals surface area contributed by atoms with E-state index in [1.807, 2.05) is 12.4 Å². The molecule has 0 radical (unpaired) electrons. The van der Waals surface area contributed by atoms with Gasteiger partial charge < -0.3 is 10.2 Å². The summed E-state index contributed by atoms with van der Waals surface area (Å²) in [4.78, 5) is 11.6. The van der Waals surface area contributed by atoms with Gasteiger partial charge in [-0.2, -0.15) is 0 Å². The Morgan fingerprint density at radius 3 is 2.67 bits per heavy atom. The summed E-state index contributed by atoms with van der Waals surface area (Å²) >= 11 is 1.70. The molecular weight excluding hydrogens is 316 g/mol. The topological polar surface area (TPSA) is 41.1 Å². The Morgan fingerprint density at radius 1 is 1.12 bits per heavy atom. The normalized spacial score (nSPS) is 23.5. The Balaban J connectivity index is 1.41. The summed E-state index contributed by atoms with van der Waals surface area (Å²) in [5.74, 6) is 1.98. The molecule has 0 bridgehead atoms. The maximum atomic E-state index is 4.43. The van der Waals surface area contributed by atoms with E-state index in [1.54, 1.807) is 11.8 Å². The maximum absolute atomic E-state index is 4.43. The fourth-order valence-electron chi connectivity index (χ4n) is 4.02. The van der Waals surface area contributed by atoms with E-state index >= 15 is 0 Å². The molecule has 24 heavy (non-hydrogen) atoms. The Bertz CT molecular complexity index is 473. The molecule has 1 aromatic heterocycles. The zero-order valence-corrected chi connectivity index (χ0v) is 15.9. The molecule has 1 unspecified atom stereocenters. The van der Waals surface area contributed by atoms with Crippen LogP contribution in [-0.4, -0.2) is 46.3 Å². The van der Waals surface area contributed by atoms with Crippen molar-refractivity contribution in [2.24, 2.45) is 5.92 Å². The first-order chi connectivity index (χ1) is 11.8. The SMILES string of the molecule is CCSc1ncc(CNC2CCCN(CC3CCCCC3)C2)cn1. The van der Waals surface area contributed by atoms with Crippen molar-refractivity contribution in [1.82, 2.24) is 20.2 Å². The number of hydrogen-bond donors (Lipinski definition) is 1. The van der Waals surface area contributed by atoms with Crippen LogP contribution in [-0.2, 0) is 6.54 Å². The van der Waals surface area contributed by atoms with E-state index in [0.29, 0.717) is 6.04 Å². The van der Waals surface area contributed by atoms with Crippen LogP contribution < -0.4 is 5.32 Å². The van der Waals surface area contributed by atoms with Gasteiger partial charge in [0.25, 0.3) is 0 Å². The van der Waals surface area contributed by atoms with Crippen molar-refractivity contribution in [1.29, 1.82) is 0 Å². The molecule has 1 saturated heterocycles. The van der Waals surface area contributed by atoms with Crippen molar-refractivity contribution in [3.05, 3.63) is 18.0 Å². The molecule has 1 atom stereocenters. The lowest BCUT2D eigenvalue weighted by Gasteiger charge is -2.36. The zero-order valence-electron chi connectivity index (χ0n) is 15.0. The Morgan fingerprint density at radius 2 is 1.92 bits per heavy atom. The number of nitrogens with one attached hydrogen (secondary N) is 1. The van der Waals surface area contributed by atoms with Crippen molar-refractivity contribution < 1.29 is 0 Å². The van der Waals surface area contributed by atoms with Crippen molar-refractivity contribution >= 4 is 11.8 Å². The second-order valence-corrected chi connectivity index (χ2v) is 8.52. The van der Waals surface area contributed by atoms with Gasteiger partial charge in [-0.3, -0.25) is 0 Å². The molecule has 2 fully saturated rings. The van der Waals surface area contributed by atoms with Gasteiger partial charge in [-0.15, -0.1) is 0 Å². The minimum atomic E-state index is 0.618.